The van der Waals surface area contributed by atoms with E-state index in [-0.39, 0.29) is 0 Å². The van der Waals surface area contributed by atoms with Crippen LogP contribution in [0.25, 0.3) is 0 Å². The van der Waals surface area contributed by atoms with E-state index in [1.54, 1.807) is 0 Å². The van der Waals surface area contributed by atoms with Crippen LogP contribution in [0.5, 0.6) is 0 Å². The van der Waals surface area contributed by atoms with Crippen LogP contribution in [0.4, 0.5) is 0 Å². The van der Waals surface area contributed by atoms with Gasteiger partial charge in [0.25, 0.3) is 0 Å². The van der Waals surface area contributed by atoms with Gasteiger partial charge < -0.3 is 9.64 Å². The Labute approximate surface area is 87.0 Å². The lowest BCUT2D eigenvalue weighted by Crippen LogP contribution is -2.44. The summed E-state index contributed by atoms with van der Waals surface area (Å²) in [6, 6.07) is 0.811. The Hall–Kier alpha value is -0.120. The van der Waals surface area contributed by atoms with Crippen LogP contribution in [0, 0.1) is 0 Å². The predicted molar refractivity (Wildman–Crippen MR) is 57.5 cm³/mol. The number of hydrogen-bond acceptors (Lipinski definition) is 3. The highest BCUT2D eigenvalue weighted by Crippen LogP contribution is 2.16. The van der Waals surface area contributed by atoms with Gasteiger partial charge >= 0.3 is 0 Å². The molecular weight excluding hydrogens is 176 g/mol. The fraction of sp³-hybridized carbons (Fsp3) is 1.00. The van der Waals surface area contributed by atoms with Gasteiger partial charge in [-0.15, -0.1) is 0 Å². The lowest BCUT2D eigenvalue weighted by atomic mass is 10.2. The fourth-order valence-corrected chi connectivity index (χ4v) is 2.57. The second kappa shape index (κ2) is 5.10. The van der Waals surface area contributed by atoms with Crippen molar-refractivity contribution in [3.63, 3.8) is 0 Å². The first kappa shape index (κ1) is 10.4. The first-order valence-corrected chi connectivity index (χ1v) is 5.94. The highest BCUT2D eigenvalue weighted by atomic mass is 16.5. The Morgan fingerprint density at radius 3 is 2.71 bits per heavy atom. The van der Waals surface area contributed by atoms with Gasteiger partial charge in [-0.2, -0.15) is 0 Å². The van der Waals surface area contributed by atoms with Crippen molar-refractivity contribution in [2.75, 3.05) is 45.9 Å². The molecule has 3 heteroatoms. The molecule has 82 valence electrons. The van der Waals surface area contributed by atoms with Crippen molar-refractivity contribution in [3.8, 4) is 0 Å². The molecule has 2 aliphatic rings. The largest absolute Gasteiger partial charge is 0.379 e. The number of ether oxygens (including phenoxy) is 1. The van der Waals surface area contributed by atoms with Crippen molar-refractivity contribution in [1.29, 1.82) is 0 Å². The number of hydrogen-bond donors (Lipinski definition) is 0. The van der Waals surface area contributed by atoms with E-state index in [1.165, 1.54) is 32.5 Å². The van der Waals surface area contributed by atoms with E-state index in [0.717, 1.165) is 32.3 Å². The average molecular weight is 198 g/mol. The monoisotopic (exact) mass is 198 g/mol. The third-order valence-corrected chi connectivity index (χ3v) is 3.35. The zero-order chi connectivity index (χ0) is 9.80. The molecule has 2 heterocycles. The molecule has 2 aliphatic heterocycles. The highest BCUT2D eigenvalue weighted by Gasteiger charge is 2.27. The molecule has 0 aromatic carbocycles. The Kier molecular flexibility index (Phi) is 3.79. The molecule has 0 aliphatic carbocycles. The fourth-order valence-electron chi connectivity index (χ4n) is 2.57. The molecule has 0 N–H and O–H groups in total. The first-order valence-electron chi connectivity index (χ1n) is 5.94. The van der Waals surface area contributed by atoms with Gasteiger partial charge in [0, 0.05) is 25.7 Å². The van der Waals surface area contributed by atoms with Crippen molar-refractivity contribution in [3.05, 3.63) is 0 Å². The predicted octanol–water partition coefficient (Wildman–Crippen LogP) is 0.803. The number of morpholine rings is 1. The Morgan fingerprint density at radius 2 is 2.00 bits per heavy atom. The van der Waals surface area contributed by atoms with E-state index in [9.17, 15) is 0 Å². The highest BCUT2D eigenvalue weighted by molar-refractivity contribution is 4.84. The van der Waals surface area contributed by atoms with Gasteiger partial charge in [0.05, 0.1) is 13.2 Å². The smallest absolute Gasteiger partial charge is 0.0594 e. The van der Waals surface area contributed by atoms with Crippen LogP contribution in [0.3, 0.4) is 0 Å². The molecule has 0 aromatic heterocycles. The topological polar surface area (TPSA) is 15.7 Å². The molecule has 0 radical (unpaired) electrons. The summed E-state index contributed by atoms with van der Waals surface area (Å²) in [4.78, 5) is 5.21. The summed E-state index contributed by atoms with van der Waals surface area (Å²) >= 11 is 0. The van der Waals surface area contributed by atoms with E-state index in [4.69, 9.17) is 4.74 Å². The average Bonchev–Trinajstić information content (AvgIpc) is 2.68. The minimum Gasteiger partial charge on any atom is -0.379 e. The van der Waals surface area contributed by atoms with E-state index >= 15 is 0 Å². The molecular formula is C11H22N2O. The van der Waals surface area contributed by atoms with Crippen molar-refractivity contribution in [2.45, 2.75) is 25.8 Å². The minimum atomic E-state index is 0.811. The van der Waals surface area contributed by atoms with Crippen LogP contribution in [-0.4, -0.2) is 61.8 Å². The second-order valence-electron chi connectivity index (χ2n) is 4.39. The molecule has 0 saturated carbocycles. The molecule has 2 saturated heterocycles. The van der Waals surface area contributed by atoms with Crippen molar-refractivity contribution in [2.24, 2.45) is 0 Å². The molecule has 0 aromatic rings. The number of nitrogens with zero attached hydrogens (tertiary/aromatic N) is 2. The van der Waals surface area contributed by atoms with Crippen molar-refractivity contribution < 1.29 is 4.74 Å². The maximum absolute atomic E-state index is 5.38. The third kappa shape index (κ3) is 2.47. The molecule has 14 heavy (non-hydrogen) atoms. The van der Waals surface area contributed by atoms with Gasteiger partial charge in [0.1, 0.15) is 0 Å². The van der Waals surface area contributed by atoms with Crippen molar-refractivity contribution >= 4 is 0 Å². The molecule has 1 atom stereocenters. The van der Waals surface area contributed by atoms with Gasteiger partial charge in [-0.1, -0.05) is 6.92 Å². The van der Waals surface area contributed by atoms with E-state index in [2.05, 4.69) is 16.7 Å². The second-order valence-corrected chi connectivity index (χ2v) is 4.39. The standard InChI is InChI=1S/C11H22N2O/c1-2-4-12-5-3-11(10-12)13-6-8-14-9-7-13/h11H,2-10H2,1H3. The number of likely N-dealkylation sites (tertiary alicyclic amines) is 1. The molecule has 2 rings (SSSR count). The van der Waals surface area contributed by atoms with Crippen LogP contribution in [-0.2, 0) is 4.74 Å². The van der Waals surface area contributed by atoms with Gasteiger partial charge in [-0.25, -0.2) is 0 Å². The van der Waals surface area contributed by atoms with Crippen LogP contribution in [0.1, 0.15) is 19.8 Å². The molecule has 1 unspecified atom stereocenters. The van der Waals surface area contributed by atoms with E-state index in [0.29, 0.717) is 0 Å². The minimum absolute atomic E-state index is 0.811. The Bertz CT molecular complexity index is 169. The van der Waals surface area contributed by atoms with Gasteiger partial charge in [0.15, 0.2) is 0 Å². The Morgan fingerprint density at radius 1 is 1.21 bits per heavy atom. The van der Waals surface area contributed by atoms with Crippen LogP contribution < -0.4 is 0 Å². The number of rotatable bonds is 3. The summed E-state index contributed by atoms with van der Waals surface area (Å²) < 4.78 is 5.38. The van der Waals surface area contributed by atoms with Gasteiger partial charge in [-0.05, 0) is 25.9 Å². The van der Waals surface area contributed by atoms with E-state index < -0.39 is 0 Å². The lowest BCUT2D eigenvalue weighted by molar-refractivity contribution is 0.0185. The zero-order valence-electron chi connectivity index (χ0n) is 9.24. The SMILES string of the molecule is CCCN1CCC(N2CCOCC2)C1. The van der Waals surface area contributed by atoms with Crippen molar-refractivity contribution in [1.82, 2.24) is 9.80 Å². The van der Waals surface area contributed by atoms with Crippen LogP contribution in [0.15, 0.2) is 0 Å². The molecule has 0 bridgehead atoms. The van der Waals surface area contributed by atoms with Gasteiger partial charge in [-0.3, -0.25) is 4.90 Å². The lowest BCUT2D eigenvalue weighted by Gasteiger charge is -2.32. The summed E-state index contributed by atoms with van der Waals surface area (Å²) in [5.41, 5.74) is 0. The quantitative estimate of drug-likeness (QED) is 0.667. The van der Waals surface area contributed by atoms with Crippen LogP contribution >= 0.6 is 0 Å². The molecule has 0 spiro atoms. The van der Waals surface area contributed by atoms with Gasteiger partial charge in [0.2, 0.25) is 0 Å². The van der Waals surface area contributed by atoms with Crippen LogP contribution in [0.2, 0.25) is 0 Å². The summed E-state index contributed by atoms with van der Waals surface area (Å²) in [5, 5.41) is 0. The molecule has 2 fully saturated rings. The Balaban J connectivity index is 1.76. The van der Waals surface area contributed by atoms with E-state index in [1.807, 2.05) is 0 Å². The normalized spacial score (nSPS) is 31.1. The maximum Gasteiger partial charge on any atom is 0.0594 e. The summed E-state index contributed by atoms with van der Waals surface area (Å²) in [6.45, 7) is 10.3. The zero-order valence-corrected chi connectivity index (χ0v) is 9.24. The summed E-state index contributed by atoms with van der Waals surface area (Å²) in [7, 11) is 0. The summed E-state index contributed by atoms with van der Waals surface area (Å²) in [5.74, 6) is 0. The molecule has 3 nitrogen and oxygen atoms in total. The maximum atomic E-state index is 5.38. The summed E-state index contributed by atoms with van der Waals surface area (Å²) in [6.07, 6.45) is 2.65. The third-order valence-electron chi connectivity index (χ3n) is 3.35. The molecule has 0 amide bonds. The first-order chi connectivity index (χ1) is 6.90.